The van der Waals surface area contributed by atoms with Crippen LogP contribution in [0.1, 0.15) is 58.3 Å². The van der Waals surface area contributed by atoms with Crippen molar-refractivity contribution in [3.8, 4) is 0 Å². The summed E-state index contributed by atoms with van der Waals surface area (Å²) in [5.41, 5.74) is 0. The Labute approximate surface area is 101 Å². The summed E-state index contributed by atoms with van der Waals surface area (Å²) in [6, 6.07) is 0. The predicted molar refractivity (Wildman–Crippen MR) is 69.8 cm³/mol. The summed E-state index contributed by atoms with van der Waals surface area (Å²) < 4.78 is 5.44. The maximum Gasteiger partial charge on any atom is 0.0478 e. The molecule has 1 N–H and O–H groups in total. The quantitative estimate of drug-likeness (QED) is 0.610. The number of hydrogen-bond acceptors (Lipinski definition) is 2. The van der Waals surface area contributed by atoms with Crippen LogP contribution in [0.4, 0.5) is 0 Å². The second-order valence-electron chi connectivity index (χ2n) is 5.01. The third-order valence-electron chi connectivity index (χ3n) is 3.44. The van der Waals surface area contributed by atoms with E-state index in [1.54, 1.807) is 0 Å². The summed E-state index contributed by atoms with van der Waals surface area (Å²) in [4.78, 5) is 0. The zero-order valence-electron chi connectivity index (χ0n) is 11.0. The Hall–Kier alpha value is -0.0800. The van der Waals surface area contributed by atoms with Gasteiger partial charge in [0.25, 0.3) is 0 Å². The van der Waals surface area contributed by atoms with Crippen LogP contribution in [0.25, 0.3) is 0 Å². The highest BCUT2D eigenvalue weighted by Crippen LogP contribution is 2.25. The first-order chi connectivity index (χ1) is 7.93. The summed E-state index contributed by atoms with van der Waals surface area (Å²) in [7, 11) is 0. The fourth-order valence-electron chi connectivity index (χ4n) is 2.45. The Bertz CT molecular complexity index is 144. The van der Waals surface area contributed by atoms with Crippen LogP contribution in [0.15, 0.2) is 0 Å². The van der Waals surface area contributed by atoms with Gasteiger partial charge in [0.1, 0.15) is 0 Å². The van der Waals surface area contributed by atoms with Crippen LogP contribution < -0.4 is 5.32 Å². The fraction of sp³-hybridized carbons (Fsp3) is 1.00. The van der Waals surface area contributed by atoms with Gasteiger partial charge in [-0.25, -0.2) is 0 Å². The van der Waals surface area contributed by atoms with Gasteiger partial charge in [-0.15, -0.1) is 0 Å². The van der Waals surface area contributed by atoms with Gasteiger partial charge >= 0.3 is 0 Å². The lowest BCUT2D eigenvalue weighted by molar-refractivity contribution is 0.132. The highest BCUT2D eigenvalue weighted by atomic mass is 16.5. The minimum atomic E-state index is 0.919. The lowest BCUT2D eigenvalue weighted by Gasteiger charge is -2.21. The van der Waals surface area contributed by atoms with E-state index >= 15 is 0 Å². The smallest absolute Gasteiger partial charge is 0.0478 e. The van der Waals surface area contributed by atoms with Crippen molar-refractivity contribution in [3.05, 3.63) is 0 Å². The van der Waals surface area contributed by atoms with Crippen LogP contribution in [0.2, 0.25) is 0 Å². The molecule has 16 heavy (non-hydrogen) atoms. The van der Waals surface area contributed by atoms with E-state index in [0.717, 1.165) is 38.5 Å². The molecule has 1 aliphatic rings. The largest absolute Gasteiger partial charge is 0.381 e. The molecule has 1 aliphatic carbocycles. The predicted octanol–water partition coefficient (Wildman–Crippen LogP) is 3.36. The van der Waals surface area contributed by atoms with Gasteiger partial charge in [0.05, 0.1) is 0 Å². The molecule has 1 saturated carbocycles. The summed E-state index contributed by atoms with van der Waals surface area (Å²) in [5, 5.41) is 3.53. The lowest BCUT2D eigenvalue weighted by Crippen LogP contribution is -2.21. The zero-order chi connectivity index (χ0) is 11.5. The van der Waals surface area contributed by atoms with Crippen LogP contribution in [0.3, 0.4) is 0 Å². The van der Waals surface area contributed by atoms with Crippen molar-refractivity contribution in [1.82, 2.24) is 5.32 Å². The highest BCUT2D eigenvalue weighted by molar-refractivity contribution is 4.66. The van der Waals surface area contributed by atoms with Crippen molar-refractivity contribution >= 4 is 0 Å². The van der Waals surface area contributed by atoms with Crippen LogP contribution in [0, 0.1) is 5.92 Å². The van der Waals surface area contributed by atoms with Gasteiger partial charge in [-0.3, -0.25) is 0 Å². The van der Waals surface area contributed by atoms with Crippen molar-refractivity contribution in [2.75, 3.05) is 26.3 Å². The third kappa shape index (κ3) is 7.24. The van der Waals surface area contributed by atoms with E-state index in [0.29, 0.717) is 0 Å². The molecule has 0 aromatic heterocycles. The third-order valence-corrected chi connectivity index (χ3v) is 3.44. The maximum atomic E-state index is 5.44. The molecule has 2 nitrogen and oxygen atoms in total. The molecule has 0 saturated heterocycles. The standard InChI is InChI=1S/C14H29NO/c1-2-12-16-13-6-10-15-11-9-14-7-4-3-5-8-14/h14-15H,2-13H2,1H3. The molecule has 1 fully saturated rings. The van der Waals surface area contributed by atoms with E-state index in [4.69, 9.17) is 4.74 Å². The van der Waals surface area contributed by atoms with Gasteiger partial charge in [-0.1, -0.05) is 39.0 Å². The van der Waals surface area contributed by atoms with E-state index in [1.165, 1.54) is 45.1 Å². The van der Waals surface area contributed by atoms with Crippen molar-refractivity contribution in [2.24, 2.45) is 5.92 Å². The molecule has 0 aliphatic heterocycles. The Morgan fingerprint density at radius 3 is 2.62 bits per heavy atom. The number of ether oxygens (including phenoxy) is 1. The molecule has 0 heterocycles. The molecule has 2 heteroatoms. The SMILES string of the molecule is CCCOCCCNCCC1CCCCC1. The molecular weight excluding hydrogens is 198 g/mol. The first-order valence-electron chi connectivity index (χ1n) is 7.22. The first-order valence-corrected chi connectivity index (χ1v) is 7.22. The van der Waals surface area contributed by atoms with E-state index in [9.17, 15) is 0 Å². The van der Waals surface area contributed by atoms with Gasteiger partial charge < -0.3 is 10.1 Å². The van der Waals surface area contributed by atoms with E-state index < -0.39 is 0 Å². The lowest BCUT2D eigenvalue weighted by atomic mass is 9.87. The zero-order valence-corrected chi connectivity index (χ0v) is 11.0. The Kier molecular flexibility index (Phi) is 8.83. The highest BCUT2D eigenvalue weighted by Gasteiger charge is 2.12. The molecule has 0 radical (unpaired) electrons. The maximum absolute atomic E-state index is 5.44. The molecule has 0 bridgehead atoms. The van der Waals surface area contributed by atoms with Gasteiger partial charge in [0, 0.05) is 13.2 Å². The van der Waals surface area contributed by atoms with Crippen molar-refractivity contribution < 1.29 is 4.74 Å². The Morgan fingerprint density at radius 1 is 1.06 bits per heavy atom. The fourth-order valence-corrected chi connectivity index (χ4v) is 2.45. The monoisotopic (exact) mass is 227 g/mol. The first kappa shape index (κ1) is 14.0. The molecule has 1 rings (SSSR count). The van der Waals surface area contributed by atoms with E-state index in [1.807, 2.05) is 0 Å². The number of rotatable bonds is 9. The van der Waals surface area contributed by atoms with Gasteiger partial charge in [-0.2, -0.15) is 0 Å². The summed E-state index contributed by atoms with van der Waals surface area (Å²) in [6.45, 7) is 6.32. The van der Waals surface area contributed by atoms with Crippen LogP contribution in [0.5, 0.6) is 0 Å². The summed E-state index contributed by atoms with van der Waals surface area (Å²) in [5.74, 6) is 1.01. The van der Waals surface area contributed by atoms with Crippen LogP contribution in [-0.2, 0) is 4.74 Å². The van der Waals surface area contributed by atoms with Crippen LogP contribution >= 0.6 is 0 Å². The second-order valence-corrected chi connectivity index (χ2v) is 5.01. The Balaban J connectivity index is 1.77. The molecule has 0 unspecified atom stereocenters. The second kappa shape index (κ2) is 10.1. The van der Waals surface area contributed by atoms with Crippen molar-refractivity contribution in [2.45, 2.75) is 58.3 Å². The summed E-state index contributed by atoms with van der Waals surface area (Å²) >= 11 is 0. The molecular formula is C14H29NO. The van der Waals surface area contributed by atoms with E-state index in [2.05, 4.69) is 12.2 Å². The number of nitrogens with one attached hydrogen (secondary N) is 1. The van der Waals surface area contributed by atoms with Crippen molar-refractivity contribution in [1.29, 1.82) is 0 Å². The minimum absolute atomic E-state index is 0.919. The molecule has 0 spiro atoms. The average molecular weight is 227 g/mol. The normalized spacial score (nSPS) is 17.8. The van der Waals surface area contributed by atoms with E-state index in [-0.39, 0.29) is 0 Å². The Morgan fingerprint density at radius 2 is 1.88 bits per heavy atom. The van der Waals surface area contributed by atoms with Crippen molar-refractivity contribution in [3.63, 3.8) is 0 Å². The van der Waals surface area contributed by atoms with Crippen LogP contribution in [-0.4, -0.2) is 26.3 Å². The molecule has 0 atom stereocenters. The van der Waals surface area contributed by atoms with Gasteiger partial charge in [-0.05, 0) is 38.3 Å². The van der Waals surface area contributed by atoms with Gasteiger partial charge in [0.2, 0.25) is 0 Å². The average Bonchev–Trinajstić information content (AvgIpc) is 2.34. The minimum Gasteiger partial charge on any atom is -0.381 e. The number of hydrogen-bond donors (Lipinski definition) is 1. The molecule has 0 amide bonds. The molecule has 0 aromatic carbocycles. The molecule has 0 aromatic rings. The summed E-state index contributed by atoms with van der Waals surface area (Å²) in [6.07, 6.45) is 11.0. The molecule has 96 valence electrons. The van der Waals surface area contributed by atoms with Gasteiger partial charge in [0.15, 0.2) is 0 Å². The topological polar surface area (TPSA) is 21.3 Å².